The average molecular weight is 402 g/mol. The highest BCUT2D eigenvalue weighted by Crippen LogP contribution is 2.30. The summed E-state index contributed by atoms with van der Waals surface area (Å²) >= 11 is 0. The fourth-order valence-corrected chi connectivity index (χ4v) is 3.40. The summed E-state index contributed by atoms with van der Waals surface area (Å²) in [4.78, 5) is 13.9. The summed E-state index contributed by atoms with van der Waals surface area (Å²) < 4.78 is 16.7. The molecule has 156 valence electrons. The minimum atomic E-state index is -1.67. The minimum Gasteiger partial charge on any atom is -0.489 e. The van der Waals surface area contributed by atoms with E-state index in [1.807, 2.05) is 34.6 Å². The van der Waals surface area contributed by atoms with Gasteiger partial charge in [-0.3, -0.25) is 0 Å². The summed E-state index contributed by atoms with van der Waals surface area (Å²) in [6.07, 6.45) is -0.0362. The molecule has 3 rings (SSSR count). The zero-order valence-electron chi connectivity index (χ0n) is 17.4. The number of hydrogen-bond donors (Lipinski definition) is 2. The van der Waals surface area contributed by atoms with Crippen LogP contribution in [0, 0.1) is 13.8 Å². The lowest BCUT2D eigenvalue weighted by atomic mass is 9.78. The van der Waals surface area contributed by atoms with E-state index in [0.717, 1.165) is 16.8 Å². The molecular weight excluding hydrogens is 375 g/mol. The number of aromatic nitrogens is 1. The van der Waals surface area contributed by atoms with Crippen molar-refractivity contribution in [1.29, 1.82) is 0 Å². The van der Waals surface area contributed by atoms with Crippen LogP contribution in [0.2, 0.25) is 0 Å². The van der Waals surface area contributed by atoms with Crippen molar-refractivity contribution in [2.45, 2.75) is 52.7 Å². The highest BCUT2D eigenvalue weighted by molar-refractivity contribution is 6.59. The quantitative estimate of drug-likeness (QED) is 0.754. The minimum absolute atomic E-state index is 0.260. The van der Waals surface area contributed by atoms with E-state index in [1.54, 1.807) is 23.1 Å². The number of nitrogens with zero attached hydrogens (tertiary/aromatic N) is 2. The van der Waals surface area contributed by atoms with Crippen molar-refractivity contribution in [2.24, 2.45) is 0 Å². The van der Waals surface area contributed by atoms with Crippen molar-refractivity contribution in [1.82, 2.24) is 10.1 Å². The third-order valence-corrected chi connectivity index (χ3v) is 4.70. The summed E-state index contributed by atoms with van der Waals surface area (Å²) in [5.74, 6) is 1.02. The summed E-state index contributed by atoms with van der Waals surface area (Å²) in [5, 5.41) is 23.4. The number of hydrogen-bond acceptors (Lipinski definition) is 7. The molecular formula is C20H27BN2O6. The monoisotopic (exact) mass is 402 g/mol. The SMILES string of the molecule is Cc1noc(C)c1-c1ccc(B(O)O)c(OC2CCN(C(=O)OC(C)(C)C)C2)c1. The summed E-state index contributed by atoms with van der Waals surface area (Å²) in [6, 6.07) is 5.13. The topological polar surface area (TPSA) is 105 Å². The number of ether oxygens (including phenoxy) is 2. The van der Waals surface area contributed by atoms with Crippen molar-refractivity contribution in [3.8, 4) is 16.9 Å². The Morgan fingerprint density at radius 1 is 1.31 bits per heavy atom. The number of benzene rings is 1. The zero-order valence-corrected chi connectivity index (χ0v) is 17.4. The number of carbonyl (C=O) groups excluding carboxylic acids is 1. The van der Waals surface area contributed by atoms with Crippen LogP contribution in [0.4, 0.5) is 4.79 Å². The highest BCUT2D eigenvalue weighted by atomic mass is 16.6. The molecule has 0 saturated carbocycles. The first-order valence-electron chi connectivity index (χ1n) is 9.63. The maximum atomic E-state index is 12.3. The molecule has 0 aliphatic carbocycles. The Balaban J connectivity index is 1.79. The summed E-state index contributed by atoms with van der Waals surface area (Å²) in [7, 11) is -1.67. The van der Waals surface area contributed by atoms with Crippen molar-refractivity contribution in [3.05, 3.63) is 29.7 Å². The van der Waals surface area contributed by atoms with Crippen LogP contribution < -0.4 is 10.2 Å². The molecule has 2 N–H and O–H groups in total. The third kappa shape index (κ3) is 4.91. The maximum absolute atomic E-state index is 12.3. The number of aryl methyl sites for hydroxylation is 2. The van der Waals surface area contributed by atoms with E-state index < -0.39 is 12.7 Å². The van der Waals surface area contributed by atoms with Gasteiger partial charge < -0.3 is 28.9 Å². The second-order valence-electron chi connectivity index (χ2n) is 8.28. The van der Waals surface area contributed by atoms with E-state index in [4.69, 9.17) is 14.0 Å². The van der Waals surface area contributed by atoms with E-state index >= 15 is 0 Å². The molecule has 1 unspecified atom stereocenters. The Hall–Kier alpha value is -2.52. The molecule has 2 heterocycles. The number of rotatable bonds is 4. The maximum Gasteiger partial charge on any atom is 0.492 e. The third-order valence-electron chi connectivity index (χ3n) is 4.70. The Morgan fingerprint density at radius 2 is 2.03 bits per heavy atom. The molecule has 1 aliphatic heterocycles. The molecule has 1 amide bonds. The van der Waals surface area contributed by atoms with Gasteiger partial charge in [0, 0.05) is 24.0 Å². The van der Waals surface area contributed by atoms with Gasteiger partial charge in [-0.2, -0.15) is 0 Å². The van der Waals surface area contributed by atoms with Crippen LogP contribution in [0.5, 0.6) is 5.75 Å². The largest absolute Gasteiger partial charge is 0.492 e. The smallest absolute Gasteiger partial charge is 0.489 e. The molecule has 2 aromatic rings. The van der Waals surface area contributed by atoms with Crippen LogP contribution in [0.15, 0.2) is 22.7 Å². The first-order chi connectivity index (χ1) is 13.5. The molecule has 29 heavy (non-hydrogen) atoms. The van der Waals surface area contributed by atoms with Crippen LogP contribution in [0.3, 0.4) is 0 Å². The van der Waals surface area contributed by atoms with Gasteiger partial charge in [0.05, 0.1) is 12.2 Å². The van der Waals surface area contributed by atoms with Gasteiger partial charge >= 0.3 is 13.2 Å². The Kier molecular flexibility index (Phi) is 5.91. The first kappa shape index (κ1) is 21.2. The molecule has 1 atom stereocenters. The average Bonchev–Trinajstić information content (AvgIpc) is 3.20. The van der Waals surface area contributed by atoms with E-state index in [1.165, 1.54) is 0 Å². The molecule has 0 spiro atoms. The standard InChI is InChI=1S/C20H27BN2O6/c1-12-18(13(2)29-22-12)14-6-7-16(21(25)26)17(10-14)27-15-8-9-23(11-15)19(24)28-20(3,4)5/h6-7,10,15,25-26H,8-9,11H2,1-5H3. The normalized spacial score (nSPS) is 16.8. The molecule has 8 nitrogen and oxygen atoms in total. The molecule has 1 fully saturated rings. The Bertz CT molecular complexity index is 870. The van der Waals surface area contributed by atoms with Gasteiger partial charge in [-0.05, 0) is 46.2 Å². The molecule has 9 heteroatoms. The van der Waals surface area contributed by atoms with Crippen molar-refractivity contribution < 1.29 is 28.8 Å². The van der Waals surface area contributed by atoms with Gasteiger partial charge in [0.25, 0.3) is 0 Å². The highest BCUT2D eigenvalue weighted by Gasteiger charge is 2.32. The van der Waals surface area contributed by atoms with Gasteiger partial charge in [-0.15, -0.1) is 0 Å². The summed E-state index contributed by atoms with van der Waals surface area (Å²) in [6.45, 7) is 10.0. The van der Waals surface area contributed by atoms with Gasteiger partial charge in [0.2, 0.25) is 0 Å². The number of likely N-dealkylation sites (tertiary alicyclic amines) is 1. The van der Waals surface area contributed by atoms with E-state index in [-0.39, 0.29) is 17.7 Å². The Labute approximate surface area is 170 Å². The number of carbonyl (C=O) groups is 1. The van der Waals surface area contributed by atoms with Crippen LogP contribution >= 0.6 is 0 Å². The lowest BCUT2D eigenvalue weighted by Gasteiger charge is -2.24. The van der Waals surface area contributed by atoms with Crippen molar-refractivity contribution in [3.63, 3.8) is 0 Å². The summed E-state index contributed by atoms with van der Waals surface area (Å²) in [5.41, 5.74) is 2.09. The molecule has 0 radical (unpaired) electrons. The second kappa shape index (κ2) is 8.08. The van der Waals surface area contributed by atoms with Crippen LogP contribution in [-0.4, -0.2) is 58.1 Å². The van der Waals surface area contributed by atoms with Crippen LogP contribution in [0.25, 0.3) is 11.1 Å². The predicted molar refractivity (Wildman–Crippen MR) is 108 cm³/mol. The van der Waals surface area contributed by atoms with E-state index in [0.29, 0.717) is 31.0 Å². The Morgan fingerprint density at radius 3 is 2.62 bits per heavy atom. The molecule has 1 aliphatic rings. The second-order valence-corrected chi connectivity index (χ2v) is 8.28. The zero-order chi connectivity index (χ0) is 21.3. The predicted octanol–water partition coefficient (Wildman–Crippen LogP) is 2.03. The number of amides is 1. The fourth-order valence-electron chi connectivity index (χ4n) is 3.40. The van der Waals surface area contributed by atoms with E-state index in [9.17, 15) is 14.8 Å². The van der Waals surface area contributed by atoms with Crippen molar-refractivity contribution >= 4 is 18.7 Å². The van der Waals surface area contributed by atoms with Crippen LogP contribution in [0.1, 0.15) is 38.6 Å². The molecule has 0 bridgehead atoms. The van der Waals surface area contributed by atoms with Gasteiger partial charge in [-0.25, -0.2) is 4.79 Å². The van der Waals surface area contributed by atoms with Gasteiger partial charge in [0.1, 0.15) is 23.2 Å². The van der Waals surface area contributed by atoms with Crippen molar-refractivity contribution in [2.75, 3.05) is 13.1 Å². The molecule has 1 saturated heterocycles. The lowest BCUT2D eigenvalue weighted by molar-refractivity contribution is 0.0276. The molecule has 1 aromatic heterocycles. The lowest BCUT2D eigenvalue weighted by Crippen LogP contribution is -2.37. The van der Waals surface area contributed by atoms with Gasteiger partial charge in [-0.1, -0.05) is 17.3 Å². The molecule has 1 aromatic carbocycles. The first-order valence-corrected chi connectivity index (χ1v) is 9.63. The van der Waals surface area contributed by atoms with E-state index in [2.05, 4.69) is 5.16 Å². The fraction of sp³-hybridized carbons (Fsp3) is 0.500. The van der Waals surface area contributed by atoms with Crippen LogP contribution in [-0.2, 0) is 4.74 Å². The van der Waals surface area contributed by atoms with Gasteiger partial charge in [0.15, 0.2) is 0 Å².